The third kappa shape index (κ3) is 5.69. The van der Waals surface area contributed by atoms with Crippen molar-refractivity contribution in [2.75, 3.05) is 9.80 Å². The minimum absolute atomic E-state index is 0.00176. The molecule has 2 aliphatic heterocycles. The second-order valence-electron chi connectivity index (χ2n) is 18.7. The van der Waals surface area contributed by atoms with Gasteiger partial charge in [0.05, 0.1) is 5.69 Å². The summed E-state index contributed by atoms with van der Waals surface area (Å²) < 4.78 is 9.29. The zero-order valence-corrected chi connectivity index (χ0v) is 35.3. The average molecular weight is 751 g/mol. The predicted octanol–water partition coefficient (Wildman–Crippen LogP) is 13.2. The van der Waals surface area contributed by atoms with Crippen LogP contribution in [0.25, 0.3) is 32.0 Å². The molecule has 0 saturated carbocycles. The van der Waals surface area contributed by atoms with Crippen molar-refractivity contribution >= 4 is 94.2 Å². The molecule has 9 rings (SSSR count). The topological polar surface area (TPSA) is 19.6 Å². The zero-order valence-electron chi connectivity index (χ0n) is 34.5. The highest BCUT2D eigenvalue weighted by atomic mass is 32.1. The summed E-state index contributed by atoms with van der Waals surface area (Å²) in [6, 6.07) is 36.3. The van der Waals surface area contributed by atoms with Gasteiger partial charge in [0.25, 0.3) is 6.71 Å². The molecule has 0 aliphatic carbocycles. The quantitative estimate of drug-likeness (QED) is 0.132. The molecule has 0 spiro atoms. The minimum Gasteiger partial charge on any atom is -0.456 e. The van der Waals surface area contributed by atoms with Crippen LogP contribution in [0.3, 0.4) is 0 Å². The highest BCUT2D eigenvalue weighted by molar-refractivity contribution is 7.33. The number of hydrogen-bond donors (Lipinski definition) is 0. The number of para-hydroxylation sites is 1. The summed E-state index contributed by atoms with van der Waals surface area (Å²) in [5.74, 6) is 0. The summed E-state index contributed by atoms with van der Waals surface area (Å²) in [4.78, 5) is 4.94. The molecular formula is C51H51BN2OS. The van der Waals surface area contributed by atoms with E-state index >= 15 is 0 Å². The number of thiophene rings is 1. The van der Waals surface area contributed by atoms with Gasteiger partial charge >= 0.3 is 0 Å². The third-order valence-corrected chi connectivity index (χ3v) is 13.1. The van der Waals surface area contributed by atoms with Crippen LogP contribution in [0.1, 0.15) is 80.4 Å². The summed E-state index contributed by atoms with van der Waals surface area (Å²) in [5, 5.41) is 3.54. The van der Waals surface area contributed by atoms with Gasteiger partial charge in [-0.25, -0.2) is 0 Å². The van der Waals surface area contributed by atoms with E-state index in [9.17, 15) is 0 Å². The van der Waals surface area contributed by atoms with Crippen LogP contribution < -0.4 is 25.5 Å². The first kappa shape index (κ1) is 36.4. The lowest BCUT2D eigenvalue weighted by molar-refractivity contribution is 0.516. The smallest absolute Gasteiger partial charge is 0.264 e. The van der Waals surface area contributed by atoms with Crippen molar-refractivity contribution in [3.63, 3.8) is 0 Å². The molecule has 56 heavy (non-hydrogen) atoms. The minimum atomic E-state index is -0.00176. The fraction of sp³-hybridized carbons (Fsp3) is 0.255. The van der Waals surface area contributed by atoms with E-state index < -0.39 is 0 Å². The highest BCUT2D eigenvalue weighted by Gasteiger charge is 2.45. The van der Waals surface area contributed by atoms with Gasteiger partial charge in [0.15, 0.2) is 0 Å². The number of allylic oxidation sites excluding steroid dienone is 4. The molecule has 2 aliphatic rings. The van der Waals surface area contributed by atoms with Crippen LogP contribution in [0.4, 0.5) is 28.4 Å². The standard InChI is InChI=1S/C51H51BN2OS/c1-12-32(49(3,4)5)21-20-31(2)53-40-17-15-18-41-46(40)52(39-30-44-37(29-42(39)53)36-16-13-14-19-43(36)55-44)48-47(38-28-34(51(9,10)11)24-27-45(38)56-48)54(41)35-25-22-33(23-26-35)50(6,7)8/h12-30H,2H2,1,3-11H3/b21-20-,32-12+. The molecule has 5 aromatic carbocycles. The van der Waals surface area contributed by atoms with Crippen molar-refractivity contribution in [1.82, 2.24) is 0 Å². The second-order valence-corrected chi connectivity index (χ2v) is 19.8. The van der Waals surface area contributed by atoms with Crippen LogP contribution in [0, 0.1) is 5.41 Å². The van der Waals surface area contributed by atoms with Crippen LogP contribution in [0.5, 0.6) is 0 Å². The number of furan rings is 1. The largest absolute Gasteiger partial charge is 0.456 e. The normalized spacial score (nSPS) is 14.6. The molecule has 0 N–H and O–H groups in total. The second kappa shape index (κ2) is 12.6. The maximum absolute atomic E-state index is 6.63. The molecule has 0 radical (unpaired) electrons. The van der Waals surface area contributed by atoms with Crippen molar-refractivity contribution in [2.24, 2.45) is 5.41 Å². The van der Waals surface area contributed by atoms with E-state index in [1.54, 1.807) is 0 Å². The molecule has 280 valence electrons. The van der Waals surface area contributed by atoms with Crippen molar-refractivity contribution in [3.8, 4) is 0 Å². The summed E-state index contributed by atoms with van der Waals surface area (Å²) in [6.07, 6.45) is 6.66. The van der Waals surface area contributed by atoms with Crippen molar-refractivity contribution in [1.29, 1.82) is 0 Å². The molecule has 2 aromatic heterocycles. The number of nitrogens with zero attached hydrogens (tertiary/aromatic N) is 2. The first-order valence-electron chi connectivity index (χ1n) is 19.9. The molecule has 0 atom stereocenters. The van der Waals surface area contributed by atoms with Gasteiger partial charge in [-0.05, 0) is 111 Å². The van der Waals surface area contributed by atoms with Gasteiger partial charge in [0.1, 0.15) is 11.2 Å². The Labute approximate surface area is 336 Å². The summed E-state index contributed by atoms with van der Waals surface area (Å²) in [5.41, 5.74) is 15.2. The lowest BCUT2D eigenvalue weighted by Crippen LogP contribution is -2.60. The number of rotatable bonds is 4. The van der Waals surface area contributed by atoms with E-state index in [-0.39, 0.29) is 23.0 Å². The molecule has 0 saturated heterocycles. The highest BCUT2D eigenvalue weighted by Crippen LogP contribution is 2.48. The Kier molecular flexibility index (Phi) is 8.21. The first-order valence-corrected chi connectivity index (χ1v) is 20.8. The Hall–Kier alpha value is -5.26. The fourth-order valence-electron chi connectivity index (χ4n) is 8.83. The van der Waals surface area contributed by atoms with Gasteiger partial charge < -0.3 is 14.2 Å². The Morgan fingerprint density at radius 1 is 0.679 bits per heavy atom. The monoisotopic (exact) mass is 750 g/mol. The van der Waals surface area contributed by atoms with E-state index in [1.165, 1.54) is 59.6 Å². The van der Waals surface area contributed by atoms with Gasteiger partial charge in [-0.3, -0.25) is 0 Å². The number of fused-ring (bicyclic) bond motifs is 9. The predicted molar refractivity (Wildman–Crippen MR) is 246 cm³/mol. The molecule has 0 amide bonds. The van der Waals surface area contributed by atoms with Crippen LogP contribution in [-0.2, 0) is 10.8 Å². The maximum Gasteiger partial charge on any atom is 0.264 e. The average Bonchev–Trinajstić information content (AvgIpc) is 3.70. The Bertz CT molecular complexity index is 2790. The van der Waals surface area contributed by atoms with Crippen molar-refractivity contribution in [3.05, 3.63) is 144 Å². The molecule has 7 aromatic rings. The third-order valence-electron chi connectivity index (χ3n) is 11.9. The Morgan fingerprint density at radius 3 is 2.07 bits per heavy atom. The lowest BCUT2D eigenvalue weighted by atomic mass is 9.36. The lowest BCUT2D eigenvalue weighted by Gasteiger charge is -2.43. The van der Waals surface area contributed by atoms with E-state index in [0.29, 0.717) is 0 Å². The van der Waals surface area contributed by atoms with E-state index in [2.05, 4.69) is 194 Å². The summed E-state index contributed by atoms with van der Waals surface area (Å²) in [6.45, 7) is 27.5. The Morgan fingerprint density at radius 2 is 1.38 bits per heavy atom. The van der Waals surface area contributed by atoms with Crippen LogP contribution in [-0.4, -0.2) is 6.71 Å². The molecular weight excluding hydrogens is 699 g/mol. The van der Waals surface area contributed by atoms with Gasteiger partial charge in [-0.2, -0.15) is 0 Å². The van der Waals surface area contributed by atoms with E-state index in [1.807, 2.05) is 11.3 Å². The molecule has 5 heteroatoms. The molecule has 0 fully saturated rings. The Balaban J connectivity index is 1.36. The summed E-state index contributed by atoms with van der Waals surface area (Å²) >= 11 is 1.93. The summed E-state index contributed by atoms with van der Waals surface area (Å²) in [7, 11) is 0. The number of hydrogen-bond acceptors (Lipinski definition) is 4. The molecule has 0 bridgehead atoms. The van der Waals surface area contributed by atoms with E-state index in [4.69, 9.17) is 11.0 Å². The zero-order chi connectivity index (χ0) is 39.5. The molecule has 0 unspecified atom stereocenters. The van der Waals surface area contributed by atoms with E-state index in [0.717, 1.165) is 39.0 Å². The van der Waals surface area contributed by atoms with Gasteiger partial charge in [-0.15, -0.1) is 11.3 Å². The molecule has 4 heterocycles. The van der Waals surface area contributed by atoms with Crippen molar-refractivity contribution < 1.29 is 4.42 Å². The van der Waals surface area contributed by atoms with Gasteiger partial charge in [0, 0.05) is 54.1 Å². The number of benzene rings is 5. The van der Waals surface area contributed by atoms with Crippen molar-refractivity contribution in [2.45, 2.75) is 80.1 Å². The van der Waals surface area contributed by atoms with Crippen LogP contribution in [0.15, 0.2) is 138 Å². The molecule has 3 nitrogen and oxygen atoms in total. The fourth-order valence-corrected chi connectivity index (χ4v) is 10.1. The van der Waals surface area contributed by atoms with Gasteiger partial charge in [0.2, 0.25) is 0 Å². The van der Waals surface area contributed by atoms with Gasteiger partial charge in [-0.1, -0.05) is 124 Å². The maximum atomic E-state index is 6.63. The van der Waals surface area contributed by atoms with Crippen LogP contribution >= 0.6 is 11.3 Å². The first-order chi connectivity index (χ1) is 26.5. The SMILES string of the molecule is C=C(/C=C\C(=C/C)C(C)(C)C)N1c2cc3c(cc2B2c4sc5ccc(C(C)(C)C)cc5c4N(c4ccc(C(C)(C)C)cc4)c4cccc1c42)oc1ccccc13. The number of anilines is 5. The van der Waals surface area contributed by atoms with Crippen LogP contribution in [0.2, 0.25) is 0 Å².